The van der Waals surface area contributed by atoms with Gasteiger partial charge in [0, 0.05) is 5.25 Å². The summed E-state index contributed by atoms with van der Waals surface area (Å²) in [6, 6.07) is 12.3. The molecular formula is C19H15ClFNO2S. The number of benzene rings is 2. The van der Waals surface area contributed by atoms with Gasteiger partial charge >= 0.3 is 0 Å². The van der Waals surface area contributed by atoms with Crippen LogP contribution in [0.3, 0.4) is 0 Å². The number of imide groups is 1. The number of thioether (sulfide) groups is 1. The molecule has 0 unspecified atom stereocenters. The first-order chi connectivity index (χ1) is 11.9. The average molecular weight is 376 g/mol. The minimum atomic E-state index is -0.451. The molecule has 0 spiro atoms. The molecule has 0 N–H and O–H groups in total. The number of halogens is 2. The molecule has 25 heavy (non-hydrogen) atoms. The van der Waals surface area contributed by atoms with Crippen molar-refractivity contribution >= 4 is 46.4 Å². The van der Waals surface area contributed by atoms with Crippen LogP contribution in [0.25, 0.3) is 5.57 Å². The number of amides is 2. The van der Waals surface area contributed by atoms with Crippen LogP contribution in [0.5, 0.6) is 0 Å². The number of hydrogen-bond acceptors (Lipinski definition) is 3. The zero-order valence-corrected chi connectivity index (χ0v) is 15.2. The quantitative estimate of drug-likeness (QED) is 0.713. The van der Waals surface area contributed by atoms with Gasteiger partial charge in [0.05, 0.1) is 21.2 Å². The van der Waals surface area contributed by atoms with Gasteiger partial charge in [-0.25, -0.2) is 9.29 Å². The number of carbonyl (C=O) groups excluding carboxylic acids is 2. The predicted octanol–water partition coefficient (Wildman–Crippen LogP) is 4.91. The fourth-order valence-electron chi connectivity index (χ4n) is 2.58. The molecule has 128 valence electrons. The van der Waals surface area contributed by atoms with Crippen molar-refractivity contribution < 1.29 is 14.0 Å². The molecule has 3 nitrogen and oxygen atoms in total. The maximum absolute atomic E-state index is 13.2. The van der Waals surface area contributed by atoms with Crippen molar-refractivity contribution in [1.29, 1.82) is 0 Å². The van der Waals surface area contributed by atoms with Gasteiger partial charge in [0.15, 0.2) is 0 Å². The van der Waals surface area contributed by atoms with E-state index in [1.807, 2.05) is 13.8 Å². The fraction of sp³-hybridized carbons (Fsp3) is 0.158. The molecule has 0 radical (unpaired) electrons. The van der Waals surface area contributed by atoms with Crippen LogP contribution in [0.2, 0.25) is 5.02 Å². The lowest BCUT2D eigenvalue weighted by Gasteiger charge is -2.16. The van der Waals surface area contributed by atoms with E-state index in [0.717, 1.165) is 4.90 Å². The molecule has 6 heteroatoms. The second-order valence-corrected chi connectivity index (χ2v) is 7.77. The standard InChI is InChI=1S/C19H15ClFNO2S/c1-11(2)25-17-16(12-7-9-13(21)10-8-12)18(23)22(19(17)24)15-6-4-3-5-14(15)20/h3-11H,1-2H3. The molecule has 0 aliphatic carbocycles. The minimum absolute atomic E-state index is 0.105. The molecule has 2 amide bonds. The van der Waals surface area contributed by atoms with E-state index in [4.69, 9.17) is 11.6 Å². The SMILES string of the molecule is CC(C)SC1=C(c2ccc(F)cc2)C(=O)N(c2ccccc2Cl)C1=O. The third-order valence-electron chi connectivity index (χ3n) is 3.62. The maximum atomic E-state index is 13.2. The topological polar surface area (TPSA) is 37.4 Å². The van der Waals surface area contributed by atoms with E-state index in [9.17, 15) is 14.0 Å². The van der Waals surface area contributed by atoms with E-state index in [1.54, 1.807) is 24.3 Å². The lowest BCUT2D eigenvalue weighted by molar-refractivity contribution is -0.119. The van der Waals surface area contributed by atoms with Crippen LogP contribution in [0.4, 0.5) is 10.1 Å². The molecule has 2 aromatic rings. The number of anilines is 1. The van der Waals surface area contributed by atoms with Crippen LogP contribution in [-0.4, -0.2) is 17.1 Å². The van der Waals surface area contributed by atoms with Crippen LogP contribution < -0.4 is 4.90 Å². The normalized spacial score (nSPS) is 14.8. The molecule has 0 aromatic heterocycles. The van der Waals surface area contributed by atoms with E-state index in [1.165, 1.54) is 36.0 Å². The third kappa shape index (κ3) is 3.34. The van der Waals surface area contributed by atoms with Crippen molar-refractivity contribution in [2.75, 3.05) is 4.90 Å². The van der Waals surface area contributed by atoms with Crippen LogP contribution in [-0.2, 0) is 9.59 Å². The molecule has 1 aliphatic heterocycles. The lowest BCUT2D eigenvalue weighted by Crippen LogP contribution is -2.31. The van der Waals surface area contributed by atoms with Crippen molar-refractivity contribution in [2.24, 2.45) is 0 Å². The zero-order chi connectivity index (χ0) is 18.1. The summed E-state index contributed by atoms with van der Waals surface area (Å²) in [6.45, 7) is 3.88. The summed E-state index contributed by atoms with van der Waals surface area (Å²) in [5.74, 6) is -1.26. The Balaban J connectivity index is 2.13. The van der Waals surface area contributed by atoms with E-state index in [2.05, 4.69) is 0 Å². The largest absolute Gasteiger partial charge is 0.272 e. The summed E-state index contributed by atoms with van der Waals surface area (Å²) >= 11 is 7.50. The molecule has 2 aromatic carbocycles. The van der Waals surface area contributed by atoms with E-state index >= 15 is 0 Å². The maximum Gasteiger partial charge on any atom is 0.272 e. The van der Waals surface area contributed by atoms with Gasteiger partial charge in [-0.15, -0.1) is 11.8 Å². The Bertz CT molecular complexity index is 877. The average Bonchev–Trinajstić information content (AvgIpc) is 2.80. The molecule has 0 fully saturated rings. The summed E-state index contributed by atoms with van der Waals surface area (Å²) < 4.78 is 13.2. The Kier molecular flexibility index (Phi) is 4.97. The molecule has 1 heterocycles. The highest BCUT2D eigenvalue weighted by atomic mass is 35.5. The third-order valence-corrected chi connectivity index (χ3v) is 5.03. The number of nitrogens with zero attached hydrogens (tertiary/aromatic N) is 1. The van der Waals surface area contributed by atoms with Crippen LogP contribution in [0.15, 0.2) is 53.4 Å². The Morgan fingerprint density at radius 3 is 2.24 bits per heavy atom. The second-order valence-electron chi connectivity index (χ2n) is 5.77. The van der Waals surface area contributed by atoms with Crippen LogP contribution >= 0.6 is 23.4 Å². The van der Waals surface area contributed by atoms with Crippen molar-refractivity contribution in [3.8, 4) is 0 Å². The summed E-state index contributed by atoms with van der Waals surface area (Å²) in [5, 5.41) is 0.423. The monoisotopic (exact) mass is 375 g/mol. The van der Waals surface area contributed by atoms with Gasteiger partial charge in [-0.2, -0.15) is 0 Å². The van der Waals surface area contributed by atoms with Crippen molar-refractivity contribution in [1.82, 2.24) is 0 Å². The first-order valence-corrected chi connectivity index (χ1v) is 8.96. The van der Waals surface area contributed by atoms with Crippen molar-refractivity contribution in [3.05, 3.63) is 69.8 Å². The first-order valence-electron chi connectivity index (χ1n) is 7.70. The Labute approximate surface area is 154 Å². The Morgan fingerprint density at radius 2 is 1.64 bits per heavy atom. The Hall–Kier alpha value is -2.11. The fourth-order valence-corrected chi connectivity index (χ4v) is 3.78. The number of para-hydroxylation sites is 1. The highest BCUT2D eigenvalue weighted by molar-refractivity contribution is 8.04. The van der Waals surface area contributed by atoms with E-state index in [-0.39, 0.29) is 10.8 Å². The molecular weight excluding hydrogens is 361 g/mol. The smallest absolute Gasteiger partial charge is 0.268 e. The van der Waals surface area contributed by atoms with Gasteiger partial charge in [0.25, 0.3) is 11.8 Å². The molecule has 1 aliphatic rings. The van der Waals surface area contributed by atoms with Crippen LogP contribution in [0.1, 0.15) is 19.4 Å². The van der Waals surface area contributed by atoms with Crippen molar-refractivity contribution in [2.45, 2.75) is 19.1 Å². The highest BCUT2D eigenvalue weighted by Gasteiger charge is 2.41. The second kappa shape index (κ2) is 7.02. The summed E-state index contributed by atoms with van der Waals surface area (Å²) in [4.78, 5) is 27.4. The molecule has 0 atom stereocenters. The molecule has 0 bridgehead atoms. The minimum Gasteiger partial charge on any atom is -0.268 e. The number of carbonyl (C=O) groups is 2. The van der Waals surface area contributed by atoms with Crippen LogP contribution in [0, 0.1) is 5.82 Å². The molecule has 3 rings (SSSR count). The zero-order valence-electron chi connectivity index (χ0n) is 13.6. The van der Waals surface area contributed by atoms with E-state index in [0.29, 0.717) is 21.2 Å². The van der Waals surface area contributed by atoms with Gasteiger partial charge in [-0.3, -0.25) is 9.59 Å². The molecule has 0 saturated carbocycles. The van der Waals surface area contributed by atoms with Crippen molar-refractivity contribution in [3.63, 3.8) is 0 Å². The van der Waals surface area contributed by atoms with Gasteiger partial charge in [0.2, 0.25) is 0 Å². The highest BCUT2D eigenvalue weighted by Crippen LogP contribution is 2.41. The summed E-state index contributed by atoms with van der Waals surface area (Å²) in [7, 11) is 0. The number of hydrogen-bond donors (Lipinski definition) is 0. The van der Waals surface area contributed by atoms with Gasteiger partial charge in [-0.1, -0.05) is 49.7 Å². The van der Waals surface area contributed by atoms with Gasteiger partial charge in [-0.05, 0) is 29.8 Å². The Morgan fingerprint density at radius 1 is 1.00 bits per heavy atom. The van der Waals surface area contributed by atoms with Gasteiger partial charge in [0.1, 0.15) is 5.82 Å². The first kappa shape index (κ1) is 17.7. The van der Waals surface area contributed by atoms with Gasteiger partial charge < -0.3 is 0 Å². The number of rotatable bonds is 4. The van der Waals surface area contributed by atoms with E-state index < -0.39 is 17.6 Å². The summed E-state index contributed by atoms with van der Waals surface area (Å²) in [5.41, 5.74) is 1.14. The predicted molar refractivity (Wildman–Crippen MR) is 100.0 cm³/mol. The lowest BCUT2D eigenvalue weighted by atomic mass is 10.1. The molecule has 0 saturated heterocycles. The summed E-state index contributed by atoms with van der Waals surface area (Å²) in [6.07, 6.45) is 0.